The number of hydrogen-bond donors (Lipinski definition) is 2. The van der Waals surface area contributed by atoms with Crippen molar-refractivity contribution < 1.29 is 14.6 Å². The van der Waals surface area contributed by atoms with Crippen molar-refractivity contribution in [2.24, 2.45) is 5.10 Å². The first-order chi connectivity index (χ1) is 7.95. The summed E-state index contributed by atoms with van der Waals surface area (Å²) < 4.78 is 4.34. The van der Waals surface area contributed by atoms with Gasteiger partial charge in [0.25, 0.3) is 0 Å². The highest BCUT2D eigenvalue weighted by molar-refractivity contribution is 6.36. The van der Waals surface area contributed by atoms with Gasteiger partial charge >= 0.3 is 6.09 Å². The zero-order chi connectivity index (χ0) is 13.0. The molecule has 0 aliphatic heterocycles. The Hall–Kier alpha value is -1.46. The molecule has 1 rings (SSSR count). The molecule has 0 radical (unpaired) electrons. The number of phenolic OH excluding ortho intramolecular Hbond substituents is 1. The maximum absolute atomic E-state index is 10.8. The molecule has 17 heavy (non-hydrogen) atoms. The van der Waals surface area contributed by atoms with E-state index in [2.05, 4.69) is 15.3 Å². The molecule has 1 aromatic carbocycles. The van der Waals surface area contributed by atoms with Crippen molar-refractivity contribution >= 4 is 35.0 Å². The zero-order valence-corrected chi connectivity index (χ0v) is 10.6. The smallest absolute Gasteiger partial charge is 0.427 e. The SMILES string of the molecule is COC(=O)NN=C(C)c1cc(Cl)cc(Cl)c1O. The number of methoxy groups -OCH3 is 1. The van der Waals surface area contributed by atoms with Gasteiger partial charge in [0.15, 0.2) is 0 Å². The molecule has 0 aliphatic rings. The molecule has 0 bridgehead atoms. The zero-order valence-electron chi connectivity index (χ0n) is 9.12. The number of aromatic hydroxyl groups is 1. The topological polar surface area (TPSA) is 70.9 Å². The first-order valence-corrected chi connectivity index (χ1v) is 5.28. The van der Waals surface area contributed by atoms with Crippen LogP contribution in [0.5, 0.6) is 5.75 Å². The van der Waals surface area contributed by atoms with Gasteiger partial charge in [-0.3, -0.25) is 0 Å². The van der Waals surface area contributed by atoms with Gasteiger partial charge in [-0.25, -0.2) is 10.2 Å². The van der Waals surface area contributed by atoms with Crippen LogP contribution in [0.25, 0.3) is 0 Å². The second kappa shape index (κ2) is 5.75. The fourth-order valence-electron chi connectivity index (χ4n) is 1.08. The van der Waals surface area contributed by atoms with E-state index >= 15 is 0 Å². The fourth-order valence-corrected chi connectivity index (χ4v) is 1.57. The third kappa shape index (κ3) is 3.51. The number of hydrogen-bond acceptors (Lipinski definition) is 4. The van der Waals surface area contributed by atoms with Gasteiger partial charge in [0, 0.05) is 10.6 Å². The van der Waals surface area contributed by atoms with Gasteiger partial charge in [0.1, 0.15) is 5.75 Å². The van der Waals surface area contributed by atoms with E-state index in [9.17, 15) is 9.90 Å². The lowest BCUT2D eigenvalue weighted by Crippen LogP contribution is -2.18. The first kappa shape index (κ1) is 13.6. The molecule has 7 heteroatoms. The molecule has 92 valence electrons. The summed E-state index contributed by atoms with van der Waals surface area (Å²) in [5.41, 5.74) is 2.80. The highest BCUT2D eigenvalue weighted by atomic mass is 35.5. The minimum atomic E-state index is -0.711. The molecular weight excluding hydrogens is 267 g/mol. The van der Waals surface area contributed by atoms with E-state index in [1.54, 1.807) is 6.92 Å². The minimum absolute atomic E-state index is 0.111. The van der Waals surface area contributed by atoms with Gasteiger partial charge in [-0.15, -0.1) is 0 Å². The molecule has 0 fully saturated rings. The predicted octanol–water partition coefficient (Wildman–Crippen LogP) is 2.78. The third-order valence-electron chi connectivity index (χ3n) is 1.92. The quantitative estimate of drug-likeness (QED) is 0.645. The Morgan fingerprint density at radius 3 is 2.71 bits per heavy atom. The molecule has 0 spiro atoms. The molecule has 0 aromatic heterocycles. The summed E-state index contributed by atoms with van der Waals surface area (Å²) in [6.45, 7) is 1.58. The Morgan fingerprint density at radius 2 is 2.12 bits per heavy atom. The van der Waals surface area contributed by atoms with Crippen molar-refractivity contribution in [3.05, 3.63) is 27.7 Å². The van der Waals surface area contributed by atoms with Gasteiger partial charge in [-0.2, -0.15) is 5.10 Å². The van der Waals surface area contributed by atoms with Gasteiger partial charge in [0.2, 0.25) is 0 Å². The van der Waals surface area contributed by atoms with Gasteiger partial charge in [-0.05, 0) is 19.1 Å². The van der Waals surface area contributed by atoms with Crippen LogP contribution in [0.2, 0.25) is 10.0 Å². The van der Waals surface area contributed by atoms with Gasteiger partial charge < -0.3 is 9.84 Å². The monoisotopic (exact) mass is 276 g/mol. The lowest BCUT2D eigenvalue weighted by molar-refractivity contribution is 0.171. The van der Waals surface area contributed by atoms with E-state index < -0.39 is 6.09 Å². The number of rotatable bonds is 2. The number of amides is 1. The molecule has 0 heterocycles. The van der Waals surface area contributed by atoms with E-state index in [-0.39, 0.29) is 10.8 Å². The van der Waals surface area contributed by atoms with Crippen molar-refractivity contribution in [2.45, 2.75) is 6.92 Å². The Balaban J connectivity index is 3.03. The second-order valence-corrected chi connectivity index (χ2v) is 3.93. The molecule has 0 unspecified atom stereocenters. The molecular formula is C10H10Cl2N2O3. The van der Waals surface area contributed by atoms with Crippen LogP contribution >= 0.6 is 23.2 Å². The van der Waals surface area contributed by atoms with E-state index in [1.165, 1.54) is 19.2 Å². The Kier molecular flexibility index (Phi) is 4.60. The van der Waals surface area contributed by atoms with E-state index in [0.717, 1.165) is 0 Å². The number of halogens is 2. The fraction of sp³-hybridized carbons (Fsp3) is 0.200. The van der Waals surface area contributed by atoms with Crippen LogP contribution in [0.3, 0.4) is 0 Å². The number of phenols is 1. The normalized spacial score (nSPS) is 11.2. The van der Waals surface area contributed by atoms with Crippen LogP contribution in [0.15, 0.2) is 17.2 Å². The first-order valence-electron chi connectivity index (χ1n) is 4.52. The van der Waals surface area contributed by atoms with Crippen LogP contribution in [-0.2, 0) is 4.74 Å². The number of nitrogens with one attached hydrogen (secondary N) is 1. The average molecular weight is 277 g/mol. The van der Waals surface area contributed by atoms with Crippen molar-refractivity contribution in [3.63, 3.8) is 0 Å². The predicted molar refractivity (Wildman–Crippen MR) is 65.9 cm³/mol. The summed E-state index contributed by atoms with van der Waals surface area (Å²) in [6, 6.07) is 2.89. The standard InChI is InChI=1S/C10H10Cl2N2O3/c1-5(13-14-10(16)17-2)7-3-6(11)4-8(12)9(7)15/h3-4,15H,1-2H3,(H,14,16). The number of benzene rings is 1. The van der Waals surface area contributed by atoms with E-state index in [1.807, 2.05) is 0 Å². The lowest BCUT2D eigenvalue weighted by Gasteiger charge is -2.06. The van der Waals surface area contributed by atoms with Crippen molar-refractivity contribution in [1.82, 2.24) is 5.43 Å². The minimum Gasteiger partial charge on any atom is -0.506 e. The molecule has 1 amide bonds. The Labute approximate surface area is 108 Å². The van der Waals surface area contributed by atoms with Crippen molar-refractivity contribution in [3.8, 4) is 5.75 Å². The number of nitrogens with zero attached hydrogens (tertiary/aromatic N) is 1. The molecule has 5 nitrogen and oxygen atoms in total. The van der Waals surface area contributed by atoms with Crippen molar-refractivity contribution in [1.29, 1.82) is 0 Å². The summed E-state index contributed by atoms with van der Waals surface area (Å²) in [7, 11) is 1.22. The van der Waals surface area contributed by atoms with E-state index in [4.69, 9.17) is 23.2 Å². The summed E-state index contributed by atoms with van der Waals surface area (Å²) in [5, 5.41) is 13.9. The molecule has 0 atom stereocenters. The average Bonchev–Trinajstić information content (AvgIpc) is 2.30. The van der Waals surface area contributed by atoms with Crippen LogP contribution in [0.4, 0.5) is 4.79 Å². The summed E-state index contributed by atoms with van der Waals surface area (Å²) in [6.07, 6.45) is -0.711. The number of carbonyl (C=O) groups is 1. The summed E-state index contributed by atoms with van der Waals surface area (Å²) >= 11 is 11.5. The number of hydrazone groups is 1. The third-order valence-corrected chi connectivity index (χ3v) is 2.42. The number of carbonyl (C=O) groups excluding carboxylic acids is 1. The summed E-state index contributed by atoms with van der Waals surface area (Å²) in [5.74, 6) is -0.149. The van der Waals surface area contributed by atoms with Crippen molar-refractivity contribution in [2.75, 3.05) is 7.11 Å². The Morgan fingerprint density at radius 1 is 1.47 bits per heavy atom. The second-order valence-electron chi connectivity index (χ2n) is 3.08. The van der Waals surface area contributed by atoms with Crippen LogP contribution in [0.1, 0.15) is 12.5 Å². The largest absolute Gasteiger partial charge is 0.506 e. The maximum atomic E-state index is 10.8. The summed E-state index contributed by atoms with van der Waals surface area (Å²) in [4.78, 5) is 10.8. The molecule has 1 aromatic rings. The maximum Gasteiger partial charge on any atom is 0.427 e. The highest BCUT2D eigenvalue weighted by Crippen LogP contribution is 2.31. The molecule has 0 aliphatic carbocycles. The van der Waals surface area contributed by atoms with Gasteiger partial charge in [0.05, 0.1) is 17.8 Å². The van der Waals surface area contributed by atoms with Crippen LogP contribution in [-0.4, -0.2) is 24.0 Å². The molecule has 0 saturated heterocycles. The lowest BCUT2D eigenvalue weighted by atomic mass is 10.1. The number of ether oxygens (including phenoxy) is 1. The Bertz CT molecular complexity index is 475. The molecule has 0 saturated carbocycles. The highest BCUT2D eigenvalue weighted by Gasteiger charge is 2.11. The van der Waals surface area contributed by atoms with E-state index in [0.29, 0.717) is 16.3 Å². The molecule has 2 N–H and O–H groups in total. The van der Waals surface area contributed by atoms with Crippen LogP contribution < -0.4 is 5.43 Å². The van der Waals surface area contributed by atoms with Crippen LogP contribution in [0, 0.1) is 0 Å². The van der Waals surface area contributed by atoms with Gasteiger partial charge in [-0.1, -0.05) is 23.2 Å².